The fourth-order valence-electron chi connectivity index (χ4n) is 3.09. The highest BCUT2D eigenvalue weighted by Gasteiger charge is 2.33. The van der Waals surface area contributed by atoms with E-state index in [1.807, 2.05) is 11.8 Å². The SMILES string of the molecule is CCc1nc([C@H]2CCCN2C(=O)C[C@H]2C=CCC2)no1. The third-order valence-electron chi connectivity index (χ3n) is 4.21. The molecule has 1 aliphatic heterocycles. The number of hydrogen-bond acceptors (Lipinski definition) is 4. The number of amides is 1. The van der Waals surface area contributed by atoms with Crippen LogP contribution in [0.15, 0.2) is 16.7 Å². The highest BCUT2D eigenvalue weighted by molar-refractivity contribution is 5.77. The summed E-state index contributed by atoms with van der Waals surface area (Å²) in [5.74, 6) is 1.97. The number of allylic oxidation sites excluding steroid dienone is 2. The first-order valence-electron chi connectivity index (χ1n) is 7.56. The molecule has 0 N–H and O–H groups in total. The summed E-state index contributed by atoms with van der Waals surface area (Å²) in [5, 5.41) is 4.04. The Bertz CT molecular complexity index is 509. The standard InChI is InChI=1S/C15H21N3O2/c1-2-13-16-15(17-20-13)12-8-5-9-18(12)14(19)10-11-6-3-4-7-11/h3,6,11-12H,2,4-5,7-10H2,1H3/t11-,12+/m0/s1. The van der Waals surface area contributed by atoms with Crippen molar-refractivity contribution in [1.29, 1.82) is 0 Å². The van der Waals surface area contributed by atoms with Gasteiger partial charge in [-0.2, -0.15) is 4.98 Å². The first-order valence-corrected chi connectivity index (χ1v) is 7.56. The zero-order valence-electron chi connectivity index (χ0n) is 11.9. The second-order valence-electron chi connectivity index (χ2n) is 5.61. The minimum Gasteiger partial charge on any atom is -0.339 e. The van der Waals surface area contributed by atoms with E-state index in [2.05, 4.69) is 22.3 Å². The molecule has 0 unspecified atom stereocenters. The molecule has 2 heterocycles. The third kappa shape index (κ3) is 2.62. The fraction of sp³-hybridized carbons (Fsp3) is 0.667. The number of nitrogens with zero attached hydrogens (tertiary/aromatic N) is 3. The largest absolute Gasteiger partial charge is 0.339 e. The summed E-state index contributed by atoms with van der Waals surface area (Å²) in [4.78, 5) is 18.8. The average molecular weight is 275 g/mol. The first kappa shape index (κ1) is 13.3. The van der Waals surface area contributed by atoms with Gasteiger partial charge in [0.15, 0.2) is 5.82 Å². The molecule has 108 valence electrons. The molecular formula is C15H21N3O2. The second-order valence-corrected chi connectivity index (χ2v) is 5.61. The van der Waals surface area contributed by atoms with Gasteiger partial charge in [-0.1, -0.05) is 24.2 Å². The van der Waals surface area contributed by atoms with Crippen LogP contribution in [0.5, 0.6) is 0 Å². The van der Waals surface area contributed by atoms with E-state index >= 15 is 0 Å². The fourth-order valence-corrected chi connectivity index (χ4v) is 3.09. The summed E-state index contributed by atoms with van der Waals surface area (Å²) in [6, 6.07) is 0.0110. The molecule has 0 spiro atoms. The summed E-state index contributed by atoms with van der Waals surface area (Å²) in [6.45, 7) is 2.80. The predicted molar refractivity (Wildman–Crippen MR) is 73.8 cm³/mol. The van der Waals surface area contributed by atoms with Crippen LogP contribution in [-0.4, -0.2) is 27.5 Å². The second kappa shape index (κ2) is 5.77. The summed E-state index contributed by atoms with van der Waals surface area (Å²) in [6.07, 6.45) is 9.87. The molecule has 1 aromatic heterocycles. The molecule has 1 aliphatic carbocycles. The van der Waals surface area contributed by atoms with Gasteiger partial charge >= 0.3 is 0 Å². The Morgan fingerprint density at radius 1 is 1.50 bits per heavy atom. The highest BCUT2D eigenvalue weighted by atomic mass is 16.5. The van der Waals surface area contributed by atoms with Crippen LogP contribution in [0.4, 0.5) is 0 Å². The van der Waals surface area contributed by atoms with E-state index in [-0.39, 0.29) is 11.9 Å². The number of rotatable bonds is 4. The van der Waals surface area contributed by atoms with Gasteiger partial charge < -0.3 is 9.42 Å². The zero-order chi connectivity index (χ0) is 13.9. The van der Waals surface area contributed by atoms with Gasteiger partial charge in [0.05, 0.1) is 6.04 Å². The Morgan fingerprint density at radius 2 is 2.40 bits per heavy atom. The van der Waals surface area contributed by atoms with Crippen LogP contribution < -0.4 is 0 Å². The van der Waals surface area contributed by atoms with E-state index < -0.39 is 0 Å². The summed E-state index contributed by atoms with van der Waals surface area (Å²) < 4.78 is 5.18. The van der Waals surface area contributed by atoms with Crippen LogP contribution in [0, 0.1) is 5.92 Å². The number of likely N-dealkylation sites (tertiary alicyclic amines) is 1. The maximum absolute atomic E-state index is 12.5. The number of aromatic nitrogens is 2. The molecule has 3 rings (SSSR count). The normalized spacial score (nSPS) is 25.6. The molecule has 5 heteroatoms. The van der Waals surface area contributed by atoms with E-state index in [0.29, 0.717) is 24.1 Å². The molecule has 0 saturated carbocycles. The molecule has 2 aliphatic rings. The van der Waals surface area contributed by atoms with E-state index in [1.54, 1.807) is 0 Å². The van der Waals surface area contributed by atoms with Crippen molar-refractivity contribution in [2.45, 2.75) is 51.5 Å². The third-order valence-corrected chi connectivity index (χ3v) is 4.21. The maximum atomic E-state index is 12.5. The van der Waals surface area contributed by atoms with E-state index in [0.717, 1.165) is 38.6 Å². The lowest BCUT2D eigenvalue weighted by molar-refractivity contribution is -0.133. The van der Waals surface area contributed by atoms with E-state index in [9.17, 15) is 4.79 Å². The molecule has 20 heavy (non-hydrogen) atoms. The first-order chi connectivity index (χ1) is 9.78. The molecule has 1 amide bonds. The molecule has 5 nitrogen and oxygen atoms in total. The van der Waals surface area contributed by atoms with Crippen LogP contribution in [-0.2, 0) is 11.2 Å². The minimum atomic E-state index is 0.0110. The number of aryl methyl sites for hydroxylation is 1. The molecule has 1 aromatic rings. The summed E-state index contributed by atoms with van der Waals surface area (Å²) >= 11 is 0. The van der Waals surface area contributed by atoms with Crippen molar-refractivity contribution in [1.82, 2.24) is 15.0 Å². The average Bonchev–Trinajstić information content (AvgIpc) is 3.19. The van der Waals surface area contributed by atoms with Gasteiger partial charge in [0.25, 0.3) is 0 Å². The Kier molecular flexibility index (Phi) is 3.85. The summed E-state index contributed by atoms with van der Waals surface area (Å²) in [7, 11) is 0. The lowest BCUT2D eigenvalue weighted by atomic mass is 10.0. The quantitative estimate of drug-likeness (QED) is 0.793. The predicted octanol–water partition coefficient (Wildman–Crippen LogP) is 2.65. The van der Waals surface area contributed by atoms with Crippen molar-refractivity contribution < 1.29 is 9.32 Å². The monoisotopic (exact) mass is 275 g/mol. The topological polar surface area (TPSA) is 59.2 Å². The van der Waals surface area contributed by atoms with Crippen molar-refractivity contribution >= 4 is 5.91 Å². The Hall–Kier alpha value is -1.65. The van der Waals surface area contributed by atoms with Gasteiger partial charge in [0.1, 0.15) is 0 Å². The van der Waals surface area contributed by atoms with Crippen LogP contribution >= 0.6 is 0 Å². The molecular weight excluding hydrogens is 254 g/mol. The van der Waals surface area contributed by atoms with Crippen LogP contribution in [0.3, 0.4) is 0 Å². The minimum absolute atomic E-state index is 0.0110. The molecule has 0 bridgehead atoms. The number of hydrogen-bond donors (Lipinski definition) is 0. The van der Waals surface area contributed by atoms with Gasteiger partial charge in [-0.25, -0.2) is 0 Å². The Labute approximate surface area is 119 Å². The van der Waals surface area contributed by atoms with Gasteiger partial charge in [-0.3, -0.25) is 4.79 Å². The van der Waals surface area contributed by atoms with E-state index in [1.165, 1.54) is 0 Å². The molecule has 0 radical (unpaired) electrons. The molecule has 0 aromatic carbocycles. The molecule has 1 fully saturated rings. The van der Waals surface area contributed by atoms with Crippen molar-refractivity contribution in [3.05, 3.63) is 23.9 Å². The van der Waals surface area contributed by atoms with Crippen molar-refractivity contribution in [3.8, 4) is 0 Å². The highest BCUT2D eigenvalue weighted by Crippen LogP contribution is 2.32. The Morgan fingerprint density at radius 3 is 3.10 bits per heavy atom. The maximum Gasteiger partial charge on any atom is 0.226 e. The summed E-state index contributed by atoms with van der Waals surface area (Å²) in [5.41, 5.74) is 0. The molecule has 2 atom stereocenters. The van der Waals surface area contributed by atoms with E-state index in [4.69, 9.17) is 4.52 Å². The lowest BCUT2D eigenvalue weighted by Crippen LogP contribution is -2.32. The van der Waals surface area contributed by atoms with Gasteiger partial charge in [-0.15, -0.1) is 0 Å². The van der Waals surface area contributed by atoms with Gasteiger partial charge in [0, 0.05) is 19.4 Å². The van der Waals surface area contributed by atoms with Crippen molar-refractivity contribution in [2.24, 2.45) is 5.92 Å². The lowest BCUT2D eigenvalue weighted by Gasteiger charge is -2.23. The Balaban J connectivity index is 1.68. The van der Waals surface area contributed by atoms with Gasteiger partial charge in [0.2, 0.25) is 11.8 Å². The van der Waals surface area contributed by atoms with Crippen LogP contribution in [0.2, 0.25) is 0 Å². The van der Waals surface area contributed by atoms with Crippen LogP contribution in [0.1, 0.15) is 56.8 Å². The van der Waals surface area contributed by atoms with Crippen LogP contribution in [0.25, 0.3) is 0 Å². The van der Waals surface area contributed by atoms with Crippen molar-refractivity contribution in [2.75, 3.05) is 6.54 Å². The number of carbonyl (C=O) groups is 1. The smallest absolute Gasteiger partial charge is 0.226 e. The number of carbonyl (C=O) groups excluding carboxylic acids is 1. The molecule has 1 saturated heterocycles. The van der Waals surface area contributed by atoms with Crippen molar-refractivity contribution in [3.63, 3.8) is 0 Å². The zero-order valence-corrected chi connectivity index (χ0v) is 11.9. The van der Waals surface area contributed by atoms with Gasteiger partial charge in [-0.05, 0) is 31.6 Å².